The van der Waals surface area contributed by atoms with Crippen molar-refractivity contribution in [3.8, 4) is 11.1 Å². The first kappa shape index (κ1) is 14.6. The zero-order valence-corrected chi connectivity index (χ0v) is 14.1. The van der Waals surface area contributed by atoms with Gasteiger partial charge in [0.1, 0.15) is 10.4 Å². The number of rotatable bonds is 1. The zero-order chi connectivity index (χ0) is 16.0. The molecule has 6 heteroatoms. The highest BCUT2D eigenvalue weighted by Gasteiger charge is 2.17. The van der Waals surface area contributed by atoms with E-state index in [2.05, 4.69) is 25.9 Å². The van der Waals surface area contributed by atoms with Crippen molar-refractivity contribution >= 4 is 38.4 Å². The van der Waals surface area contributed by atoms with Crippen molar-refractivity contribution in [2.75, 3.05) is 0 Å². The summed E-state index contributed by atoms with van der Waals surface area (Å²) in [6.07, 6.45) is 3.71. The van der Waals surface area contributed by atoms with Crippen LogP contribution < -0.4 is 0 Å². The van der Waals surface area contributed by atoms with Crippen molar-refractivity contribution in [3.05, 3.63) is 70.5 Å². The highest BCUT2D eigenvalue weighted by molar-refractivity contribution is 9.10. The molecule has 0 bridgehead atoms. The lowest BCUT2D eigenvalue weighted by molar-refractivity contribution is 0.628. The fraction of sp³-hybridized carbons (Fsp3) is 0.0588. The van der Waals surface area contributed by atoms with Crippen LogP contribution in [0.4, 0.5) is 10.1 Å². The number of hydrogen-bond acceptors (Lipinski definition) is 2. The number of nitrogens with zero attached hydrogens (tertiary/aromatic N) is 3. The van der Waals surface area contributed by atoms with Crippen molar-refractivity contribution in [3.63, 3.8) is 0 Å². The smallest absolute Gasteiger partial charge is 0.153 e. The Balaban J connectivity index is 1.82. The summed E-state index contributed by atoms with van der Waals surface area (Å²) in [4.78, 5) is 8.66. The van der Waals surface area contributed by atoms with Gasteiger partial charge < -0.3 is 4.57 Å². The number of fused-ring (bicyclic) bond motifs is 2. The molecule has 0 amide bonds. The van der Waals surface area contributed by atoms with E-state index in [-0.39, 0.29) is 5.82 Å². The van der Waals surface area contributed by atoms with E-state index in [1.165, 1.54) is 12.1 Å². The molecule has 0 N–H and O–H groups in total. The van der Waals surface area contributed by atoms with Crippen LogP contribution in [0.25, 0.3) is 11.1 Å². The Morgan fingerprint density at radius 1 is 1.13 bits per heavy atom. The van der Waals surface area contributed by atoms with Gasteiger partial charge in [-0.3, -0.25) is 0 Å². The van der Waals surface area contributed by atoms with Crippen LogP contribution in [0, 0.1) is 5.82 Å². The summed E-state index contributed by atoms with van der Waals surface area (Å²) >= 11 is 9.76. The predicted molar refractivity (Wildman–Crippen MR) is 92.9 cm³/mol. The third-order valence-corrected chi connectivity index (χ3v) is 4.49. The summed E-state index contributed by atoms with van der Waals surface area (Å²) in [7, 11) is 0. The summed E-state index contributed by atoms with van der Waals surface area (Å²) in [5.74, 6) is -0.250. The molecule has 0 fully saturated rings. The van der Waals surface area contributed by atoms with Crippen LogP contribution in [0.5, 0.6) is 0 Å². The van der Waals surface area contributed by atoms with Crippen LogP contribution in [0.2, 0.25) is 0 Å². The maximum absolute atomic E-state index is 13.1. The van der Waals surface area contributed by atoms with E-state index in [1.54, 1.807) is 18.3 Å². The Bertz CT molecular complexity index is 932. The Labute approximate surface area is 145 Å². The molecule has 114 valence electrons. The predicted octanol–water partition coefficient (Wildman–Crippen LogP) is 5.13. The molecule has 0 atom stereocenters. The van der Waals surface area contributed by atoms with Crippen molar-refractivity contribution < 1.29 is 4.39 Å². The summed E-state index contributed by atoms with van der Waals surface area (Å²) in [6, 6.07) is 10.3. The van der Waals surface area contributed by atoms with Crippen molar-refractivity contribution in [1.82, 2.24) is 9.55 Å². The van der Waals surface area contributed by atoms with Crippen LogP contribution in [-0.2, 0) is 6.54 Å². The lowest BCUT2D eigenvalue weighted by Crippen LogP contribution is -2.03. The van der Waals surface area contributed by atoms with Gasteiger partial charge in [0.25, 0.3) is 0 Å². The average Bonchev–Trinajstić information content (AvgIpc) is 2.89. The first-order valence-corrected chi connectivity index (χ1v) is 8.12. The number of aromatic nitrogens is 2. The van der Waals surface area contributed by atoms with Crippen molar-refractivity contribution in [2.45, 2.75) is 6.54 Å². The molecule has 1 aliphatic heterocycles. The van der Waals surface area contributed by atoms with Gasteiger partial charge in [-0.25, -0.2) is 14.4 Å². The van der Waals surface area contributed by atoms with Gasteiger partial charge in [0.05, 0.1) is 17.6 Å². The standard InChI is InChI=1S/C17H10BrClFN3/c18-16-6-12-9-23-8-11(10-1-3-13(20)4-2-10)5-15(23)17(19)22-14(12)7-21-16/h1-8H,9H2. The summed E-state index contributed by atoms with van der Waals surface area (Å²) in [6.45, 7) is 0.646. The second kappa shape index (κ2) is 5.58. The molecule has 0 unspecified atom stereocenters. The number of hydrogen-bond donors (Lipinski definition) is 0. The molecule has 0 aliphatic carbocycles. The van der Waals surface area contributed by atoms with E-state index in [4.69, 9.17) is 11.6 Å². The van der Waals surface area contributed by atoms with Gasteiger partial charge in [-0.05, 0) is 45.8 Å². The fourth-order valence-electron chi connectivity index (χ4n) is 2.65. The number of halogens is 3. The fourth-order valence-corrected chi connectivity index (χ4v) is 3.28. The van der Waals surface area contributed by atoms with E-state index < -0.39 is 0 Å². The maximum atomic E-state index is 13.1. The van der Waals surface area contributed by atoms with Gasteiger partial charge in [-0.2, -0.15) is 0 Å². The Morgan fingerprint density at radius 2 is 1.91 bits per heavy atom. The SMILES string of the molecule is Fc1ccc(-c2cc3n(c2)Cc2cc(Br)ncc2N=C3Cl)cc1. The molecule has 3 aromatic rings. The first-order chi connectivity index (χ1) is 11.1. The van der Waals surface area contributed by atoms with Crippen molar-refractivity contribution in [1.29, 1.82) is 0 Å². The highest BCUT2D eigenvalue weighted by atomic mass is 79.9. The minimum absolute atomic E-state index is 0.250. The largest absolute Gasteiger partial charge is 0.340 e. The highest BCUT2D eigenvalue weighted by Crippen LogP contribution is 2.31. The lowest BCUT2D eigenvalue weighted by atomic mass is 10.1. The van der Waals surface area contributed by atoms with E-state index in [0.29, 0.717) is 11.7 Å². The molecule has 0 saturated heterocycles. The van der Waals surface area contributed by atoms with Gasteiger partial charge >= 0.3 is 0 Å². The Morgan fingerprint density at radius 3 is 2.70 bits per heavy atom. The minimum atomic E-state index is -0.250. The van der Waals surface area contributed by atoms with E-state index in [0.717, 1.165) is 32.7 Å². The maximum Gasteiger partial charge on any atom is 0.153 e. The van der Waals surface area contributed by atoms with E-state index in [1.807, 2.05) is 22.9 Å². The average molecular weight is 391 g/mol. The molecule has 1 aromatic carbocycles. The van der Waals surface area contributed by atoms with Gasteiger partial charge in [0.15, 0.2) is 5.17 Å². The third-order valence-electron chi connectivity index (χ3n) is 3.78. The molecule has 23 heavy (non-hydrogen) atoms. The second-order valence-corrected chi connectivity index (χ2v) is 6.46. The summed E-state index contributed by atoms with van der Waals surface area (Å²) in [5, 5.41) is 0.418. The Kier molecular flexibility index (Phi) is 3.54. The van der Waals surface area contributed by atoms with Crippen LogP contribution in [0.1, 0.15) is 11.3 Å². The van der Waals surface area contributed by atoms with Gasteiger partial charge in [-0.1, -0.05) is 23.7 Å². The zero-order valence-electron chi connectivity index (χ0n) is 11.8. The number of aliphatic imine (C=N–C) groups is 1. The van der Waals surface area contributed by atoms with E-state index in [9.17, 15) is 4.39 Å². The van der Waals surface area contributed by atoms with Crippen molar-refractivity contribution in [2.24, 2.45) is 4.99 Å². The molecule has 0 radical (unpaired) electrons. The van der Waals surface area contributed by atoms with E-state index >= 15 is 0 Å². The molecule has 1 aliphatic rings. The van der Waals surface area contributed by atoms with Crippen LogP contribution >= 0.6 is 27.5 Å². The van der Waals surface area contributed by atoms with Gasteiger partial charge in [0, 0.05) is 23.9 Å². The van der Waals surface area contributed by atoms with Crippen LogP contribution in [0.3, 0.4) is 0 Å². The lowest BCUT2D eigenvalue weighted by Gasteiger charge is -2.06. The molecule has 0 saturated carbocycles. The first-order valence-electron chi connectivity index (χ1n) is 6.95. The molecule has 2 aromatic heterocycles. The monoisotopic (exact) mass is 389 g/mol. The molecule has 0 spiro atoms. The third kappa shape index (κ3) is 2.71. The van der Waals surface area contributed by atoms with Crippen LogP contribution in [-0.4, -0.2) is 14.7 Å². The molecular weight excluding hydrogens is 381 g/mol. The van der Waals surface area contributed by atoms with Crippen LogP contribution in [0.15, 0.2) is 58.4 Å². The topological polar surface area (TPSA) is 30.2 Å². The van der Waals surface area contributed by atoms with Gasteiger partial charge in [0.2, 0.25) is 0 Å². The second-order valence-electron chi connectivity index (χ2n) is 5.29. The van der Waals surface area contributed by atoms with Gasteiger partial charge in [-0.15, -0.1) is 0 Å². The summed E-state index contributed by atoms with van der Waals surface area (Å²) in [5.41, 5.74) is 4.55. The Hall–Kier alpha value is -1.98. The number of benzene rings is 1. The molecule has 4 rings (SSSR count). The number of pyridine rings is 1. The molecular formula is C17H10BrClFN3. The summed E-state index contributed by atoms with van der Waals surface area (Å²) < 4.78 is 15.9. The normalized spacial score (nSPS) is 13.1. The quantitative estimate of drug-likeness (QED) is 0.530. The molecule has 3 nitrogen and oxygen atoms in total. The molecule has 3 heterocycles. The minimum Gasteiger partial charge on any atom is -0.340 e.